The van der Waals surface area contributed by atoms with Crippen molar-refractivity contribution in [2.75, 3.05) is 26.7 Å². The Balaban J connectivity index is 1.57. The quantitative estimate of drug-likeness (QED) is 0.774. The van der Waals surface area contributed by atoms with Gasteiger partial charge >= 0.3 is 0 Å². The number of aryl methyl sites for hydroxylation is 1. The first-order valence-corrected chi connectivity index (χ1v) is 8.14. The summed E-state index contributed by atoms with van der Waals surface area (Å²) in [4.78, 5) is 0. The Labute approximate surface area is 127 Å². The van der Waals surface area contributed by atoms with Gasteiger partial charge < -0.3 is 10.1 Å². The summed E-state index contributed by atoms with van der Waals surface area (Å²) in [6, 6.07) is 7.14. The fraction of sp³-hybridized carbons (Fsp3) is 0.647. The molecular weight excluding hydrogens is 262 g/mol. The minimum atomic E-state index is 0.556. The second-order valence-electron chi connectivity index (χ2n) is 6.39. The van der Waals surface area contributed by atoms with Crippen LogP contribution in [-0.4, -0.2) is 32.8 Å². The topological polar surface area (TPSA) is 45.3 Å². The third-order valence-electron chi connectivity index (χ3n) is 4.99. The summed E-state index contributed by atoms with van der Waals surface area (Å²) in [5.41, 5.74) is 9.51. The van der Waals surface area contributed by atoms with Crippen LogP contribution in [0.2, 0.25) is 0 Å². The highest BCUT2D eigenvalue weighted by atomic mass is 16.5. The van der Waals surface area contributed by atoms with Crippen LogP contribution in [0.15, 0.2) is 18.2 Å². The first kappa shape index (κ1) is 14.8. The molecule has 3 unspecified atom stereocenters. The molecule has 4 heteroatoms. The maximum atomic E-state index is 5.35. The molecular formula is C17H27N3O. The molecule has 1 fully saturated rings. The van der Waals surface area contributed by atoms with E-state index in [0.29, 0.717) is 17.9 Å². The van der Waals surface area contributed by atoms with Gasteiger partial charge in [0, 0.05) is 31.6 Å². The van der Waals surface area contributed by atoms with Crippen LogP contribution in [0.1, 0.15) is 36.8 Å². The third kappa shape index (κ3) is 3.39. The van der Waals surface area contributed by atoms with E-state index in [9.17, 15) is 0 Å². The van der Waals surface area contributed by atoms with Crippen molar-refractivity contribution in [2.45, 2.75) is 38.1 Å². The summed E-state index contributed by atoms with van der Waals surface area (Å²) in [7, 11) is 1.74. The average Bonchev–Trinajstić information content (AvgIpc) is 2.92. The van der Waals surface area contributed by atoms with Crippen molar-refractivity contribution >= 4 is 0 Å². The number of hydrogen-bond acceptors (Lipinski definition) is 4. The molecule has 1 aromatic carbocycles. The van der Waals surface area contributed by atoms with Crippen LogP contribution < -0.4 is 20.9 Å². The van der Waals surface area contributed by atoms with Gasteiger partial charge in [0.2, 0.25) is 0 Å². The molecule has 116 valence electrons. The van der Waals surface area contributed by atoms with E-state index in [1.807, 2.05) is 0 Å². The molecule has 3 N–H and O–H groups in total. The van der Waals surface area contributed by atoms with Gasteiger partial charge in [-0.1, -0.05) is 6.07 Å². The molecule has 0 amide bonds. The monoisotopic (exact) mass is 289 g/mol. The summed E-state index contributed by atoms with van der Waals surface area (Å²) in [6.45, 7) is 5.48. The Morgan fingerprint density at radius 2 is 2.24 bits per heavy atom. The summed E-state index contributed by atoms with van der Waals surface area (Å²) in [5.74, 6) is 2.32. The second-order valence-corrected chi connectivity index (χ2v) is 6.39. The van der Waals surface area contributed by atoms with Gasteiger partial charge in [-0.3, -0.25) is 10.9 Å². The van der Waals surface area contributed by atoms with Crippen LogP contribution in [-0.2, 0) is 6.42 Å². The van der Waals surface area contributed by atoms with Gasteiger partial charge in [0.1, 0.15) is 5.75 Å². The van der Waals surface area contributed by atoms with Crippen molar-refractivity contribution in [1.29, 1.82) is 0 Å². The molecule has 21 heavy (non-hydrogen) atoms. The normalized spacial score (nSPS) is 28.4. The van der Waals surface area contributed by atoms with Gasteiger partial charge in [-0.15, -0.1) is 0 Å². The molecule has 0 saturated carbocycles. The molecule has 1 saturated heterocycles. The largest absolute Gasteiger partial charge is 0.497 e. The minimum Gasteiger partial charge on any atom is -0.497 e. The molecule has 0 radical (unpaired) electrons. The first-order chi connectivity index (χ1) is 10.3. The van der Waals surface area contributed by atoms with Crippen molar-refractivity contribution < 1.29 is 4.74 Å². The maximum absolute atomic E-state index is 5.35. The van der Waals surface area contributed by atoms with Crippen LogP contribution in [0.25, 0.3) is 0 Å². The van der Waals surface area contributed by atoms with Crippen molar-refractivity contribution in [3.63, 3.8) is 0 Å². The van der Waals surface area contributed by atoms with Crippen molar-refractivity contribution in [2.24, 2.45) is 5.92 Å². The highest BCUT2D eigenvalue weighted by Crippen LogP contribution is 2.33. The molecule has 3 rings (SSSR count). The molecule has 2 aliphatic rings. The van der Waals surface area contributed by atoms with Gasteiger partial charge in [0.05, 0.1) is 7.11 Å². The summed E-state index contributed by atoms with van der Waals surface area (Å²) >= 11 is 0. The molecule has 0 bridgehead atoms. The maximum Gasteiger partial charge on any atom is 0.119 e. The summed E-state index contributed by atoms with van der Waals surface area (Å²) in [6.07, 6.45) is 3.77. The van der Waals surface area contributed by atoms with Gasteiger partial charge in [-0.05, 0) is 55.4 Å². The Morgan fingerprint density at radius 3 is 3.00 bits per heavy atom. The van der Waals surface area contributed by atoms with E-state index in [2.05, 4.69) is 41.3 Å². The predicted octanol–water partition coefficient (Wildman–Crippen LogP) is 1.82. The Morgan fingerprint density at radius 1 is 1.33 bits per heavy atom. The Kier molecular flexibility index (Phi) is 4.78. The van der Waals surface area contributed by atoms with Crippen LogP contribution >= 0.6 is 0 Å². The number of ether oxygens (including phenoxy) is 1. The van der Waals surface area contributed by atoms with Gasteiger partial charge in [0.25, 0.3) is 0 Å². The second kappa shape index (κ2) is 6.77. The molecule has 1 aliphatic carbocycles. The Bertz CT molecular complexity index is 477. The van der Waals surface area contributed by atoms with Crippen molar-refractivity contribution in [1.82, 2.24) is 16.2 Å². The zero-order valence-corrected chi connectivity index (χ0v) is 13.1. The molecule has 1 aliphatic heterocycles. The zero-order chi connectivity index (χ0) is 14.7. The lowest BCUT2D eigenvalue weighted by molar-refractivity contribution is 0.410. The number of hydrogen-bond donors (Lipinski definition) is 3. The lowest BCUT2D eigenvalue weighted by Crippen LogP contribution is -2.34. The predicted molar refractivity (Wildman–Crippen MR) is 85.6 cm³/mol. The smallest absolute Gasteiger partial charge is 0.119 e. The number of nitrogens with one attached hydrogen (secondary N) is 3. The molecule has 4 nitrogen and oxygen atoms in total. The van der Waals surface area contributed by atoms with Crippen LogP contribution in [0, 0.1) is 5.92 Å². The summed E-state index contributed by atoms with van der Waals surface area (Å²) < 4.78 is 5.35. The van der Waals surface area contributed by atoms with E-state index in [1.165, 1.54) is 30.4 Å². The van der Waals surface area contributed by atoms with Crippen molar-refractivity contribution in [3.8, 4) is 5.75 Å². The van der Waals surface area contributed by atoms with E-state index in [4.69, 9.17) is 4.74 Å². The fourth-order valence-electron chi connectivity index (χ4n) is 3.57. The van der Waals surface area contributed by atoms with Gasteiger partial charge in [-0.25, -0.2) is 0 Å². The third-order valence-corrected chi connectivity index (χ3v) is 4.99. The van der Waals surface area contributed by atoms with E-state index in [-0.39, 0.29) is 0 Å². The minimum absolute atomic E-state index is 0.556. The van der Waals surface area contributed by atoms with E-state index in [1.54, 1.807) is 7.11 Å². The highest BCUT2D eigenvalue weighted by molar-refractivity contribution is 5.39. The first-order valence-electron chi connectivity index (χ1n) is 8.14. The van der Waals surface area contributed by atoms with Crippen LogP contribution in [0.3, 0.4) is 0 Å². The van der Waals surface area contributed by atoms with Crippen LogP contribution in [0.5, 0.6) is 5.75 Å². The number of benzene rings is 1. The number of hydrazine groups is 1. The van der Waals surface area contributed by atoms with Crippen LogP contribution in [0.4, 0.5) is 0 Å². The lowest BCUT2D eigenvalue weighted by atomic mass is 9.82. The van der Waals surface area contributed by atoms with E-state index < -0.39 is 0 Å². The summed E-state index contributed by atoms with van der Waals surface area (Å²) in [5, 5.41) is 3.69. The van der Waals surface area contributed by atoms with E-state index in [0.717, 1.165) is 25.4 Å². The number of methoxy groups -OCH3 is 1. The average molecular weight is 289 g/mol. The number of fused-ring (bicyclic) bond motifs is 1. The number of rotatable bonds is 5. The fourth-order valence-corrected chi connectivity index (χ4v) is 3.57. The van der Waals surface area contributed by atoms with Gasteiger partial charge in [-0.2, -0.15) is 0 Å². The SMILES string of the molecule is COc1ccc2c(c1)CCCC2CNCC1CNNC1C. The Hall–Kier alpha value is -1.10. The molecule has 0 aromatic heterocycles. The molecule has 0 spiro atoms. The van der Waals surface area contributed by atoms with Gasteiger partial charge in [0.15, 0.2) is 0 Å². The highest BCUT2D eigenvalue weighted by Gasteiger charge is 2.24. The molecule has 3 atom stereocenters. The lowest BCUT2D eigenvalue weighted by Gasteiger charge is -2.27. The molecule has 1 heterocycles. The molecule has 1 aromatic rings. The standard InChI is InChI=1S/C17H27N3O/c1-12-15(11-19-20-12)10-18-9-14-5-3-4-13-8-16(21-2)6-7-17(13)14/h6-8,12,14-15,18-20H,3-5,9-11H2,1-2H3. The van der Waals surface area contributed by atoms with Crippen molar-refractivity contribution in [3.05, 3.63) is 29.3 Å². The zero-order valence-electron chi connectivity index (χ0n) is 13.1. The van der Waals surface area contributed by atoms with E-state index >= 15 is 0 Å².